The third-order valence-corrected chi connectivity index (χ3v) is 3.18. The van der Waals surface area contributed by atoms with Gasteiger partial charge in [0.05, 0.1) is 11.3 Å². The third-order valence-electron chi connectivity index (χ3n) is 3.18. The van der Waals surface area contributed by atoms with Crippen LogP contribution in [-0.4, -0.2) is 18.0 Å². The van der Waals surface area contributed by atoms with Gasteiger partial charge in [0.1, 0.15) is 0 Å². The summed E-state index contributed by atoms with van der Waals surface area (Å²) in [5, 5.41) is 13.5. The molecular weight excluding hydrogens is 341 g/mol. The van der Waals surface area contributed by atoms with E-state index in [0.717, 1.165) is 18.3 Å². The zero-order chi connectivity index (χ0) is 18.6. The molecule has 0 bridgehead atoms. The van der Waals surface area contributed by atoms with Crippen molar-refractivity contribution >= 4 is 17.6 Å². The molecule has 2 aromatic rings. The molecule has 1 amide bonds. The molecule has 1 atom stereocenters. The zero-order valence-electron chi connectivity index (χ0n) is 12.9. The van der Waals surface area contributed by atoms with E-state index >= 15 is 0 Å². The molecule has 1 aromatic carbocycles. The van der Waals surface area contributed by atoms with Gasteiger partial charge in [-0.1, -0.05) is 12.1 Å². The summed E-state index contributed by atoms with van der Waals surface area (Å²) in [6.45, 7) is 1.18. The molecule has 0 unspecified atom stereocenters. The highest BCUT2D eigenvalue weighted by molar-refractivity contribution is 5.97. The topological polar surface area (TPSA) is 82.3 Å². The van der Waals surface area contributed by atoms with E-state index < -0.39 is 35.4 Å². The van der Waals surface area contributed by atoms with Gasteiger partial charge in [-0.25, -0.2) is 4.79 Å². The molecule has 0 fully saturated rings. The van der Waals surface area contributed by atoms with Crippen molar-refractivity contribution in [3.63, 3.8) is 0 Å². The molecule has 132 valence electrons. The van der Waals surface area contributed by atoms with E-state index in [9.17, 15) is 28.0 Å². The smallest absolute Gasteiger partial charge is 0.418 e. The molecule has 1 N–H and O–H groups in total. The van der Waals surface area contributed by atoms with Gasteiger partial charge in [-0.05, 0) is 25.1 Å². The Kier molecular flexibility index (Phi) is 5.26. The van der Waals surface area contributed by atoms with Crippen LogP contribution in [0.4, 0.5) is 18.9 Å². The molecule has 6 nitrogen and oxygen atoms in total. The van der Waals surface area contributed by atoms with Crippen molar-refractivity contribution in [3.8, 4) is 0 Å². The monoisotopic (exact) mass is 354 g/mol. The summed E-state index contributed by atoms with van der Waals surface area (Å²) >= 11 is 0. The molecule has 0 saturated heterocycles. The zero-order valence-corrected chi connectivity index (χ0v) is 12.9. The maximum absolute atomic E-state index is 12.9. The van der Waals surface area contributed by atoms with Crippen molar-refractivity contribution in [3.05, 3.63) is 65.1 Å². The minimum absolute atomic E-state index is 0.256. The molecule has 2 rings (SSSR count). The van der Waals surface area contributed by atoms with Crippen LogP contribution < -0.4 is 10.0 Å². The molecule has 0 aliphatic rings. The summed E-state index contributed by atoms with van der Waals surface area (Å²) in [6.07, 6.45) is -4.99. The first-order valence-electron chi connectivity index (χ1n) is 7.06. The average molecular weight is 354 g/mol. The van der Waals surface area contributed by atoms with Gasteiger partial charge in [-0.3, -0.25) is 4.79 Å². The van der Waals surface area contributed by atoms with E-state index in [1.54, 1.807) is 0 Å². The van der Waals surface area contributed by atoms with Crippen molar-refractivity contribution in [2.24, 2.45) is 0 Å². The molecule has 0 saturated carbocycles. The number of pyridine rings is 1. The van der Waals surface area contributed by atoms with Gasteiger partial charge in [-0.15, -0.1) is 0 Å². The lowest BCUT2D eigenvalue weighted by Crippen LogP contribution is -2.37. The normalized spacial score (nSPS) is 12.3. The first kappa shape index (κ1) is 18.2. The second-order valence-corrected chi connectivity index (χ2v) is 4.99. The Balaban J connectivity index is 2.09. The molecule has 0 spiro atoms. The SMILES string of the molecule is C[C@H](OC(=O)c1cccc[n+]1[O-])C(=O)Nc1ccccc1C(F)(F)F. The van der Waals surface area contributed by atoms with Gasteiger partial charge in [0, 0.05) is 12.1 Å². The summed E-state index contributed by atoms with van der Waals surface area (Å²) in [5.41, 5.74) is -1.83. The predicted molar refractivity (Wildman–Crippen MR) is 80.4 cm³/mol. The molecule has 1 aromatic heterocycles. The largest absolute Gasteiger partial charge is 0.618 e. The molecule has 0 radical (unpaired) electrons. The molecule has 9 heteroatoms. The van der Waals surface area contributed by atoms with Gasteiger partial charge in [0.2, 0.25) is 0 Å². The van der Waals surface area contributed by atoms with Crippen LogP contribution in [0.5, 0.6) is 0 Å². The van der Waals surface area contributed by atoms with Crippen LogP contribution in [-0.2, 0) is 15.7 Å². The lowest BCUT2D eigenvalue weighted by molar-refractivity contribution is -0.608. The lowest BCUT2D eigenvalue weighted by Gasteiger charge is -2.16. The third kappa shape index (κ3) is 4.46. The number of benzene rings is 1. The van der Waals surface area contributed by atoms with E-state index in [1.807, 2.05) is 0 Å². The summed E-state index contributed by atoms with van der Waals surface area (Å²) in [6, 6.07) is 8.42. The van der Waals surface area contributed by atoms with Crippen LogP contribution in [0.2, 0.25) is 0 Å². The second kappa shape index (κ2) is 7.20. The van der Waals surface area contributed by atoms with Gasteiger partial charge < -0.3 is 15.3 Å². The molecule has 0 aliphatic carbocycles. The van der Waals surface area contributed by atoms with Crippen molar-refractivity contribution in [1.29, 1.82) is 0 Å². The summed E-state index contributed by atoms with van der Waals surface area (Å²) in [7, 11) is 0. The molecule has 1 heterocycles. The van der Waals surface area contributed by atoms with E-state index in [0.29, 0.717) is 0 Å². The van der Waals surface area contributed by atoms with E-state index in [4.69, 9.17) is 4.74 Å². The fourth-order valence-electron chi connectivity index (χ4n) is 1.93. The van der Waals surface area contributed by atoms with Gasteiger partial charge in [0.25, 0.3) is 5.91 Å². The van der Waals surface area contributed by atoms with Crippen molar-refractivity contribution < 1.29 is 32.2 Å². The Morgan fingerprint density at radius 1 is 1.16 bits per heavy atom. The summed E-state index contributed by atoms with van der Waals surface area (Å²) in [4.78, 5) is 23.9. The number of rotatable bonds is 4. The number of carbonyl (C=O) groups is 2. The predicted octanol–water partition coefficient (Wildman–Crippen LogP) is 2.52. The number of esters is 1. The maximum atomic E-state index is 12.9. The number of para-hydroxylation sites is 1. The Morgan fingerprint density at radius 2 is 1.80 bits per heavy atom. The highest BCUT2D eigenvalue weighted by Crippen LogP contribution is 2.34. The number of halogens is 3. The fraction of sp³-hybridized carbons (Fsp3) is 0.188. The van der Waals surface area contributed by atoms with Crippen molar-refractivity contribution in [1.82, 2.24) is 0 Å². The average Bonchev–Trinajstić information content (AvgIpc) is 2.54. The maximum Gasteiger partial charge on any atom is 0.418 e. The van der Waals surface area contributed by atoms with Gasteiger partial charge in [0.15, 0.2) is 12.3 Å². The fourth-order valence-corrected chi connectivity index (χ4v) is 1.93. The first-order chi connectivity index (χ1) is 11.7. The van der Waals surface area contributed by atoms with Crippen LogP contribution >= 0.6 is 0 Å². The number of alkyl halides is 3. The molecule has 25 heavy (non-hydrogen) atoms. The number of hydrogen-bond donors (Lipinski definition) is 1. The van der Waals surface area contributed by atoms with Crippen LogP contribution in [0.3, 0.4) is 0 Å². The van der Waals surface area contributed by atoms with E-state index in [1.165, 1.54) is 37.3 Å². The number of amides is 1. The van der Waals surface area contributed by atoms with Gasteiger partial charge in [-0.2, -0.15) is 17.9 Å². The minimum atomic E-state index is -4.65. The van der Waals surface area contributed by atoms with Crippen molar-refractivity contribution in [2.45, 2.75) is 19.2 Å². The van der Waals surface area contributed by atoms with Crippen LogP contribution in [0.15, 0.2) is 48.7 Å². The van der Waals surface area contributed by atoms with E-state index in [-0.39, 0.29) is 10.4 Å². The number of hydrogen-bond acceptors (Lipinski definition) is 4. The number of anilines is 1. The lowest BCUT2D eigenvalue weighted by atomic mass is 10.1. The Labute approximate surface area is 140 Å². The first-order valence-corrected chi connectivity index (χ1v) is 7.06. The van der Waals surface area contributed by atoms with Crippen LogP contribution in [0.1, 0.15) is 23.0 Å². The second-order valence-electron chi connectivity index (χ2n) is 4.99. The number of aromatic nitrogens is 1. The molecular formula is C16H13F3N2O4. The Hall–Kier alpha value is -3.10. The van der Waals surface area contributed by atoms with Crippen molar-refractivity contribution in [2.75, 3.05) is 5.32 Å². The minimum Gasteiger partial charge on any atom is -0.618 e. The Bertz CT molecular complexity index is 793. The number of nitrogens with one attached hydrogen (secondary N) is 1. The number of carbonyl (C=O) groups excluding carboxylic acids is 2. The summed E-state index contributed by atoms with van der Waals surface area (Å²) < 4.78 is 43.8. The van der Waals surface area contributed by atoms with E-state index in [2.05, 4.69) is 5.32 Å². The Morgan fingerprint density at radius 3 is 2.44 bits per heavy atom. The number of ether oxygens (including phenoxy) is 1. The quantitative estimate of drug-likeness (QED) is 0.520. The highest BCUT2D eigenvalue weighted by Gasteiger charge is 2.34. The standard InChI is InChI=1S/C16H13F3N2O4/c1-10(25-15(23)13-8-4-5-9-21(13)24)14(22)20-12-7-3-2-6-11(12)16(17,18)19/h2-10H,1H3,(H,20,22)/t10-/m0/s1. The summed E-state index contributed by atoms with van der Waals surface area (Å²) in [5.74, 6) is -2.03. The van der Waals surface area contributed by atoms with Crippen LogP contribution in [0, 0.1) is 5.21 Å². The van der Waals surface area contributed by atoms with Crippen LogP contribution in [0.25, 0.3) is 0 Å². The molecule has 0 aliphatic heterocycles. The highest BCUT2D eigenvalue weighted by atomic mass is 19.4. The number of nitrogens with zero attached hydrogens (tertiary/aromatic N) is 1. The van der Waals surface area contributed by atoms with Gasteiger partial charge >= 0.3 is 17.8 Å².